The number of nitrogens with zero attached hydrogens (tertiary/aromatic N) is 2. The van der Waals surface area contributed by atoms with E-state index in [2.05, 4.69) is 4.98 Å². The predicted molar refractivity (Wildman–Crippen MR) is 93.9 cm³/mol. The molecule has 0 bridgehead atoms. The number of aromatic nitrogens is 1. The Morgan fingerprint density at radius 1 is 1.31 bits per heavy atom. The molecule has 1 saturated heterocycles. The van der Waals surface area contributed by atoms with Gasteiger partial charge in [-0.2, -0.15) is 0 Å². The standard InChI is InChI=1S/C18H19FN2O4S/c1-10-16(26-11(2)20-10)17(22)21-9-12(8-14(21)18(23)24-3)25-15-7-5-4-6-13(15)19/h4-7,12,14H,8-9H2,1-3H3/t12-,14+/m0/s1. The number of para-hydroxylation sites is 1. The lowest BCUT2D eigenvalue weighted by atomic mass is 10.2. The van der Waals surface area contributed by atoms with Crippen LogP contribution in [-0.2, 0) is 9.53 Å². The molecule has 0 saturated carbocycles. The van der Waals surface area contributed by atoms with E-state index in [-0.39, 0.29) is 24.6 Å². The highest BCUT2D eigenvalue weighted by molar-refractivity contribution is 7.13. The number of rotatable bonds is 4. The highest BCUT2D eigenvalue weighted by atomic mass is 32.1. The lowest BCUT2D eigenvalue weighted by molar-refractivity contribution is -0.145. The van der Waals surface area contributed by atoms with Crippen LogP contribution in [0.2, 0.25) is 0 Å². The van der Waals surface area contributed by atoms with E-state index >= 15 is 0 Å². The normalized spacial score (nSPS) is 19.5. The number of hydrogen-bond acceptors (Lipinski definition) is 6. The minimum absolute atomic E-state index is 0.0974. The second kappa shape index (κ2) is 7.41. The molecule has 2 heterocycles. The van der Waals surface area contributed by atoms with Crippen molar-refractivity contribution in [2.75, 3.05) is 13.7 Å². The summed E-state index contributed by atoms with van der Waals surface area (Å²) in [4.78, 5) is 31.3. The highest BCUT2D eigenvalue weighted by Gasteiger charge is 2.42. The van der Waals surface area contributed by atoms with Crippen molar-refractivity contribution >= 4 is 23.2 Å². The molecule has 0 unspecified atom stereocenters. The van der Waals surface area contributed by atoms with E-state index in [9.17, 15) is 14.0 Å². The van der Waals surface area contributed by atoms with Crippen LogP contribution in [-0.4, -0.2) is 47.6 Å². The molecule has 0 spiro atoms. The van der Waals surface area contributed by atoms with Gasteiger partial charge in [0.05, 0.1) is 24.4 Å². The first-order chi connectivity index (χ1) is 12.4. The fraction of sp³-hybridized carbons (Fsp3) is 0.389. The summed E-state index contributed by atoms with van der Waals surface area (Å²) in [5, 5.41) is 0.777. The number of ether oxygens (including phenoxy) is 2. The van der Waals surface area contributed by atoms with Crippen molar-refractivity contribution in [2.45, 2.75) is 32.4 Å². The molecule has 0 aliphatic carbocycles. The summed E-state index contributed by atoms with van der Waals surface area (Å²) in [6.07, 6.45) is -0.266. The third-order valence-electron chi connectivity index (χ3n) is 4.22. The molecule has 138 valence electrons. The smallest absolute Gasteiger partial charge is 0.328 e. The first kappa shape index (κ1) is 18.3. The van der Waals surface area contributed by atoms with Crippen LogP contribution in [0.3, 0.4) is 0 Å². The van der Waals surface area contributed by atoms with Crippen LogP contribution in [0.25, 0.3) is 0 Å². The van der Waals surface area contributed by atoms with Crippen LogP contribution in [0.15, 0.2) is 24.3 Å². The summed E-state index contributed by atoms with van der Waals surface area (Å²) in [5.74, 6) is -1.19. The van der Waals surface area contributed by atoms with Crippen molar-refractivity contribution in [1.29, 1.82) is 0 Å². The molecule has 1 amide bonds. The fourth-order valence-corrected chi connectivity index (χ4v) is 3.92. The maximum atomic E-state index is 13.8. The Bertz CT molecular complexity index is 838. The first-order valence-corrected chi connectivity index (χ1v) is 8.96. The van der Waals surface area contributed by atoms with Gasteiger partial charge in [0.15, 0.2) is 11.6 Å². The molecule has 8 heteroatoms. The topological polar surface area (TPSA) is 68.7 Å². The van der Waals surface area contributed by atoms with E-state index in [4.69, 9.17) is 9.47 Å². The average molecular weight is 378 g/mol. The van der Waals surface area contributed by atoms with Crippen molar-refractivity contribution in [3.05, 3.63) is 45.7 Å². The van der Waals surface area contributed by atoms with Gasteiger partial charge < -0.3 is 14.4 Å². The zero-order chi connectivity index (χ0) is 18.8. The summed E-state index contributed by atoms with van der Waals surface area (Å²) in [6.45, 7) is 3.75. The van der Waals surface area contributed by atoms with Crippen molar-refractivity contribution in [2.24, 2.45) is 0 Å². The number of aryl methyl sites for hydroxylation is 2. The number of carbonyl (C=O) groups is 2. The fourth-order valence-electron chi connectivity index (χ4n) is 3.05. The molecule has 1 fully saturated rings. The summed E-state index contributed by atoms with van der Waals surface area (Å²) >= 11 is 1.28. The molecule has 1 aromatic heterocycles. The van der Waals surface area contributed by atoms with Crippen molar-refractivity contribution in [3.8, 4) is 5.75 Å². The summed E-state index contributed by atoms with van der Waals surface area (Å²) in [6, 6.07) is 5.28. The number of methoxy groups -OCH3 is 1. The Morgan fingerprint density at radius 3 is 2.65 bits per heavy atom. The molecule has 1 aliphatic heterocycles. The molecule has 3 rings (SSSR count). The molecule has 26 heavy (non-hydrogen) atoms. The van der Waals surface area contributed by atoms with E-state index in [0.29, 0.717) is 10.6 Å². The predicted octanol–water partition coefficient (Wildman–Crippen LogP) is 2.73. The first-order valence-electron chi connectivity index (χ1n) is 8.14. The molecule has 1 aliphatic rings. The second-order valence-corrected chi connectivity index (χ2v) is 7.25. The van der Waals surface area contributed by atoms with Gasteiger partial charge in [0.25, 0.3) is 5.91 Å². The highest BCUT2D eigenvalue weighted by Crippen LogP contribution is 2.29. The van der Waals surface area contributed by atoms with Crippen LogP contribution < -0.4 is 4.74 Å². The number of benzene rings is 1. The van der Waals surface area contributed by atoms with Crippen molar-refractivity contribution in [3.63, 3.8) is 0 Å². The number of carbonyl (C=O) groups excluding carboxylic acids is 2. The molecular formula is C18H19FN2O4S. The van der Waals surface area contributed by atoms with Crippen LogP contribution in [0.4, 0.5) is 4.39 Å². The minimum Gasteiger partial charge on any atom is -0.485 e. The van der Waals surface area contributed by atoms with Crippen LogP contribution in [0.1, 0.15) is 26.8 Å². The van der Waals surface area contributed by atoms with Gasteiger partial charge in [-0.05, 0) is 26.0 Å². The molecule has 6 nitrogen and oxygen atoms in total. The third-order valence-corrected chi connectivity index (χ3v) is 5.29. The van der Waals surface area contributed by atoms with Gasteiger partial charge in [-0.1, -0.05) is 12.1 Å². The number of esters is 1. The molecule has 1 aromatic carbocycles. The second-order valence-electron chi connectivity index (χ2n) is 6.05. The van der Waals surface area contributed by atoms with Crippen molar-refractivity contribution < 1.29 is 23.5 Å². The van der Waals surface area contributed by atoms with E-state index in [1.165, 1.54) is 35.5 Å². The number of hydrogen-bond donors (Lipinski definition) is 0. The lowest BCUT2D eigenvalue weighted by Crippen LogP contribution is -2.41. The molecule has 0 radical (unpaired) electrons. The maximum Gasteiger partial charge on any atom is 0.328 e. The molecule has 0 N–H and O–H groups in total. The molecule has 2 atom stereocenters. The van der Waals surface area contributed by atoms with Gasteiger partial charge in [-0.15, -0.1) is 11.3 Å². The Labute approximate surface area is 154 Å². The number of likely N-dealkylation sites (tertiary alicyclic amines) is 1. The quantitative estimate of drug-likeness (QED) is 0.765. The zero-order valence-corrected chi connectivity index (χ0v) is 15.5. The Kier molecular flexibility index (Phi) is 5.22. The number of amides is 1. The van der Waals surface area contributed by atoms with Gasteiger partial charge in [-0.3, -0.25) is 4.79 Å². The lowest BCUT2D eigenvalue weighted by Gasteiger charge is -2.21. The number of thiazole rings is 1. The zero-order valence-electron chi connectivity index (χ0n) is 14.7. The van der Waals surface area contributed by atoms with Gasteiger partial charge >= 0.3 is 5.97 Å². The largest absolute Gasteiger partial charge is 0.485 e. The molecular weight excluding hydrogens is 359 g/mol. The van der Waals surface area contributed by atoms with Crippen LogP contribution in [0.5, 0.6) is 5.75 Å². The maximum absolute atomic E-state index is 13.8. The molecule has 2 aromatic rings. The Hall–Kier alpha value is -2.48. The van der Waals surface area contributed by atoms with E-state index < -0.39 is 23.9 Å². The Balaban J connectivity index is 1.83. The van der Waals surface area contributed by atoms with Gasteiger partial charge in [-0.25, -0.2) is 14.2 Å². The summed E-state index contributed by atoms with van der Waals surface area (Å²) in [7, 11) is 1.28. The monoisotopic (exact) mass is 378 g/mol. The van der Waals surface area contributed by atoms with E-state index in [1.807, 2.05) is 6.92 Å². The summed E-state index contributed by atoms with van der Waals surface area (Å²) < 4.78 is 24.4. The SMILES string of the molecule is COC(=O)[C@H]1C[C@H](Oc2ccccc2F)CN1C(=O)c1sc(C)nc1C. The van der Waals surface area contributed by atoms with Crippen LogP contribution in [0, 0.1) is 19.7 Å². The third kappa shape index (κ3) is 3.55. The number of halogens is 1. The van der Waals surface area contributed by atoms with Gasteiger partial charge in [0.2, 0.25) is 0 Å². The summed E-state index contributed by atoms with van der Waals surface area (Å²) in [5.41, 5.74) is 0.625. The van der Waals surface area contributed by atoms with E-state index in [1.54, 1.807) is 19.1 Å². The van der Waals surface area contributed by atoms with Gasteiger partial charge in [0, 0.05) is 6.42 Å². The van der Waals surface area contributed by atoms with Gasteiger partial charge in [0.1, 0.15) is 17.0 Å². The minimum atomic E-state index is -0.772. The van der Waals surface area contributed by atoms with Crippen LogP contribution >= 0.6 is 11.3 Å². The Morgan fingerprint density at radius 2 is 2.04 bits per heavy atom. The van der Waals surface area contributed by atoms with Crippen molar-refractivity contribution in [1.82, 2.24) is 9.88 Å². The average Bonchev–Trinajstić information content (AvgIpc) is 3.18. The van der Waals surface area contributed by atoms with E-state index in [0.717, 1.165) is 5.01 Å².